The van der Waals surface area contributed by atoms with E-state index in [0.717, 1.165) is 11.1 Å². The van der Waals surface area contributed by atoms with Crippen LogP contribution in [0.2, 0.25) is 0 Å². The standard InChI is InChI=1S/C18H18N2O2/c1-13-7-9-16(10-8-13)20-18(21)15(12-19)11-14-5-3-4-6-17(14)22-2/h3-10,15H,11H2,1-2H3,(H,20,21)/t15-/m0/s1. The van der Waals surface area contributed by atoms with Crippen LogP contribution in [0.15, 0.2) is 48.5 Å². The molecule has 0 heterocycles. The molecule has 2 aromatic rings. The first-order chi connectivity index (χ1) is 10.6. The lowest BCUT2D eigenvalue weighted by Gasteiger charge is -2.13. The van der Waals surface area contributed by atoms with Crippen molar-refractivity contribution in [2.75, 3.05) is 12.4 Å². The molecule has 0 aliphatic heterocycles. The molecule has 0 bridgehead atoms. The molecule has 1 amide bonds. The van der Waals surface area contributed by atoms with Crippen LogP contribution >= 0.6 is 0 Å². The fourth-order valence-corrected chi connectivity index (χ4v) is 2.15. The summed E-state index contributed by atoms with van der Waals surface area (Å²) in [5.74, 6) is -0.388. The van der Waals surface area contributed by atoms with Crippen LogP contribution in [0.1, 0.15) is 11.1 Å². The number of methoxy groups -OCH3 is 1. The monoisotopic (exact) mass is 294 g/mol. The van der Waals surface area contributed by atoms with Crippen LogP contribution in [-0.4, -0.2) is 13.0 Å². The molecule has 2 rings (SSSR count). The van der Waals surface area contributed by atoms with E-state index < -0.39 is 5.92 Å². The zero-order valence-electron chi connectivity index (χ0n) is 12.7. The van der Waals surface area contributed by atoms with E-state index in [1.807, 2.05) is 55.5 Å². The SMILES string of the molecule is COc1ccccc1C[C@@H](C#N)C(=O)Nc1ccc(C)cc1. The Morgan fingerprint density at radius 3 is 2.55 bits per heavy atom. The molecule has 0 aliphatic rings. The van der Waals surface area contributed by atoms with Gasteiger partial charge in [-0.05, 0) is 30.7 Å². The average Bonchev–Trinajstić information content (AvgIpc) is 2.55. The maximum absolute atomic E-state index is 12.3. The summed E-state index contributed by atoms with van der Waals surface area (Å²) in [5.41, 5.74) is 2.65. The van der Waals surface area contributed by atoms with Crippen molar-refractivity contribution in [3.63, 3.8) is 0 Å². The molecule has 1 atom stereocenters. The number of benzene rings is 2. The van der Waals surface area contributed by atoms with Crippen LogP contribution in [-0.2, 0) is 11.2 Å². The van der Waals surface area contributed by atoms with Crippen molar-refractivity contribution < 1.29 is 9.53 Å². The van der Waals surface area contributed by atoms with Gasteiger partial charge < -0.3 is 10.1 Å². The zero-order valence-corrected chi connectivity index (χ0v) is 12.7. The van der Waals surface area contributed by atoms with E-state index in [2.05, 4.69) is 11.4 Å². The second-order valence-corrected chi connectivity index (χ2v) is 5.05. The van der Waals surface area contributed by atoms with Crippen LogP contribution in [0.4, 0.5) is 5.69 Å². The Labute approximate surface area is 130 Å². The Morgan fingerprint density at radius 1 is 1.23 bits per heavy atom. The molecule has 0 spiro atoms. The molecule has 4 heteroatoms. The van der Waals surface area contributed by atoms with Gasteiger partial charge in [-0.3, -0.25) is 4.79 Å². The Kier molecular flexibility index (Phi) is 5.16. The highest BCUT2D eigenvalue weighted by molar-refractivity contribution is 5.94. The van der Waals surface area contributed by atoms with Crippen molar-refractivity contribution in [1.29, 1.82) is 5.26 Å². The molecule has 0 aliphatic carbocycles. The minimum absolute atomic E-state index is 0.308. The predicted molar refractivity (Wildman–Crippen MR) is 85.6 cm³/mol. The molecule has 1 N–H and O–H groups in total. The van der Waals surface area contributed by atoms with Gasteiger partial charge in [-0.1, -0.05) is 35.9 Å². The van der Waals surface area contributed by atoms with E-state index in [-0.39, 0.29) is 5.91 Å². The van der Waals surface area contributed by atoms with Gasteiger partial charge in [0, 0.05) is 12.1 Å². The summed E-state index contributed by atoms with van der Waals surface area (Å²) in [6.07, 6.45) is 0.318. The summed E-state index contributed by atoms with van der Waals surface area (Å²) in [4.78, 5) is 12.3. The first-order valence-corrected chi connectivity index (χ1v) is 7.03. The summed E-state index contributed by atoms with van der Waals surface area (Å²) in [6, 6.07) is 16.9. The van der Waals surface area contributed by atoms with E-state index in [1.165, 1.54) is 0 Å². The number of nitrogens with one attached hydrogen (secondary N) is 1. The molecule has 112 valence electrons. The van der Waals surface area contributed by atoms with Crippen LogP contribution in [0, 0.1) is 24.2 Å². The summed E-state index contributed by atoms with van der Waals surface area (Å²) in [6.45, 7) is 1.98. The van der Waals surface area contributed by atoms with E-state index in [4.69, 9.17) is 4.74 Å². The van der Waals surface area contributed by atoms with Crippen molar-refractivity contribution >= 4 is 11.6 Å². The molecule has 0 aromatic heterocycles. The van der Waals surface area contributed by atoms with Gasteiger partial charge in [-0.25, -0.2) is 0 Å². The quantitative estimate of drug-likeness (QED) is 0.920. The molecule has 0 fully saturated rings. The molecule has 4 nitrogen and oxygen atoms in total. The van der Waals surface area contributed by atoms with Crippen molar-refractivity contribution in [2.24, 2.45) is 5.92 Å². The fraction of sp³-hybridized carbons (Fsp3) is 0.222. The third-order valence-electron chi connectivity index (χ3n) is 3.41. The first kappa shape index (κ1) is 15.6. The minimum atomic E-state index is -0.766. The van der Waals surface area contributed by atoms with Crippen molar-refractivity contribution in [2.45, 2.75) is 13.3 Å². The zero-order chi connectivity index (χ0) is 15.9. The van der Waals surface area contributed by atoms with Gasteiger partial charge >= 0.3 is 0 Å². The Bertz CT molecular complexity index is 687. The molecular weight excluding hydrogens is 276 g/mol. The van der Waals surface area contributed by atoms with Gasteiger partial charge in [0.2, 0.25) is 5.91 Å². The number of para-hydroxylation sites is 1. The number of anilines is 1. The van der Waals surface area contributed by atoms with Crippen LogP contribution < -0.4 is 10.1 Å². The van der Waals surface area contributed by atoms with E-state index in [1.54, 1.807) is 7.11 Å². The number of hydrogen-bond donors (Lipinski definition) is 1. The van der Waals surface area contributed by atoms with Gasteiger partial charge in [-0.2, -0.15) is 5.26 Å². The lowest BCUT2D eigenvalue weighted by molar-refractivity contribution is -0.118. The number of nitriles is 1. The number of nitrogens with zero attached hydrogens (tertiary/aromatic N) is 1. The first-order valence-electron chi connectivity index (χ1n) is 7.03. The number of rotatable bonds is 5. The van der Waals surface area contributed by atoms with Gasteiger partial charge in [-0.15, -0.1) is 0 Å². The number of carbonyl (C=O) groups excluding carboxylic acids is 1. The normalized spacial score (nSPS) is 11.3. The Balaban J connectivity index is 2.09. The summed E-state index contributed by atoms with van der Waals surface area (Å²) < 4.78 is 5.26. The largest absolute Gasteiger partial charge is 0.496 e. The molecule has 22 heavy (non-hydrogen) atoms. The number of hydrogen-bond acceptors (Lipinski definition) is 3. The van der Waals surface area contributed by atoms with Crippen molar-refractivity contribution in [3.05, 3.63) is 59.7 Å². The van der Waals surface area contributed by atoms with Gasteiger partial charge in [0.1, 0.15) is 11.7 Å². The molecular formula is C18H18N2O2. The van der Waals surface area contributed by atoms with Crippen LogP contribution in [0.3, 0.4) is 0 Å². The number of ether oxygens (including phenoxy) is 1. The number of aryl methyl sites for hydroxylation is 1. The highest BCUT2D eigenvalue weighted by Gasteiger charge is 2.20. The molecule has 0 unspecified atom stereocenters. The molecule has 2 aromatic carbocycles. The number of carbonyl (C=O) groups is 1. The fourth-order valence-electron chi connectivity index (χ4n) is 2.15. The maximum Gasteiger partial charge on any atom is 0.242 e. The molecule has 0 radical (unpaired) electrons. The van der Waals surface area contributed by atoms with Crippen LogP contribution in [0.5, 0.6) is 5.75 Å². The smallest absolute Gasteiger partial charge is 0.242 e. The topological polar surface area (TPSA) is 62.1 Å². The third kappa shape index (κ3) is 3.86. The van der Waals surface area contributed by atoms with Gasteiger partial charge in [0.05, 0.1) is 13.2 Å². The summed E-state index contributed by atoms with van der Waals surface area (Å²) in [7, 11) is 1.58. The van der Waals surface area contributed by atoms with E-state index >= 15 is 0 Å². The van der Waals surface area contributed by atoms with Gasteiger partial charge in [0.15, 0.2) is 0 Å². The predicted octanol–water partition coefficient (Wildman–Crippen LogP) is 3.32. The van der Waals surface area contributed by atoms with E-state index in [9.17, 15) is 10.1 Å². The lowest BCUT2D eigenvalue weighted by Crippen LogP contribution is -2.23. The lowest BCUT2D eigenvalue weighted by atomic mass is 9.99. The maximum atomic E-state index is 12.3. The van der Waals surface area contributed by atoms with Crippen LogP contribution in [0.25, 0.3) is 0 Å². The molecule has 0 saturated heterocycles. The van der Waals surface area contributed by atoms with E-state index in [0.29, 0.717) is 17.9 Å². The minimum Gasteiger partial charge on any atom is -0.496 e. The summed E-state index contributed by atoms with van der Waals surface area (Å²) in [5, 5.41) is 12.1. The summed E-state index contributed by atoms with van der Waals surface area (Å²) >= 11 is 0. The second-order valence-electron chi connectivity index (χ2n) is 5.05. The second kappa shape index (κ2) is 7.28. The Morgan fingerprint density at radius 2 is 1.91 bits per heavy atom. The highest BCUT2D eigenvalue weighted by atomic mass is 16.5. The average molecular weight is 294 g/mol. The number of amides is 1. The molecule has 0 saturated carbocycles. The highest BCUT2D eigenvalue weighted by Crippen LogP contribution is 2.21. The van der Waals surface area contributed by atoms with Gasteiger partial charge in [0.25, 0.3) is 0 Å². The van der Waals surface area contributed by atoms with Crippen molar-refractivity contribution in [3.8, 4) is 11.8 Å². The third-order valence-corrected chi connectivity index (χ3v) is 3.41. The Hall–Kier alpha value is -2.80. The van der Waals surface area contributed by atoms with Crippen molar-refractivity contribution in [1.82, 2.24) is 0 Å².